The number of rotatable bonds is 3. The number of nitrogens with two attached hydrogens (primary N) is 1. The van der Waals surface area contributed by atoms with Crippen LogP contribution in [-0.4, -0.2) is 15.5 Å². The molecule has 6 nitrogen and oxygen atoms in total. The first-order valence-corrected chi connectivity index (χ1v) is 4.48. The molecule has 0 fully saturated rings. The Balaban J connectivity index is 3.34. The van der Waals surface area contributed by atoms with Gasteiger partial charge in [-0.15, -0.1) is 4.91 Å². The first-order chi connectivity index (χ1) is 6.11. The summed E-state index contributed by atoms with van der Waals surface area (Å²) in [5, 5.41) is 3.08. The Labute approximate surface area is 82.2 Å². The molecule has 0 saturated heterocycles. The van der Waals surface area contributed by atoms with Crippen molar-refractivity contribution in [2.24, 2.45) is 18.0 Å². The van der Waals surface area contributed by atoms with Gasteiger partial charge in [0, 0.05) is 12.4 Å². The van der Waals surface area contributed by atoms with Gasteiger partial charge in [-0.1, -0.05) is 15.9 Å². The summed E-state index contributed by atoms with van der Waals surface area (Å²) in [5.41, 5.74) is 5.56. The van der Waals surface area contributed by atoms with E-state index in [0.717, 1.165) is 0 Å². The van der Waals surface area contributed by atoms with E-state index in [1.54, 1.807) is 7.05 Å². The summed E-state index contributed by atoms with van der Waals surface area (Å²) >= 11 is 3.15. The number of aromatic nitrogens is 2. The molecule has 0 saturated carbocycles. The fourth-order valence-electron chi connectivity index (χ4n) is 0.961. The average Bonchev–Trinajstić information content (AvgIpc) is 2.41. The van der Waals surface area contributed by atoms with E-state index < -0.39 is 5.91 Å². The highest BCUT2D eigenvalue weighted by molar-refractivity contribution is 9.08. The van der Waals surface area contributed by atoms with Crippen molar-refractivity contribution < 1.29 is 4.79 Å². The Bertz CT molecular complexity index is 360. The second kappa shape index (κ2) is 3.65. The summed E-state index contributed by atoms with van der Waals surface area (Å²) in [4.78, 5) is 24.8. The third-order valence-corrected chi connectivity index (χ3v) is 2.16. The Morgan fingerprint density at radius 3 is 2.69 bits per heavy atom. The smallest absolute Gasteiger partial charge is 0.284 e. The summed E-state index contributed by atoms with van der Waals surface area (Å²) in [7, 11) is 1.60. The molecule has 0 unspecified atom stereocenters. The first-order valence-electron chi connectivity index (χ1n) is 3.36. The molecule has 1 amide bonds. The number of alkyl halides is 1. The highest BCUT2D eigenvalue weighted by Gasteiger charge is 2.17. The highest BCUT2D eigenvalue weighted by Crippen LogP contribution is 2.20. The monoisotopic (exact) mass is 246 g/mol. The van der Waals surface area contributed by atoms with Gasteiger partial charge in [-0.3, -0.25) is 4.79 Å². The molecule has 1 aromatic rings. The van der Waals surface area contributed by atoms with Gasteiger partial charge in [0.05, 0.1) is 5.69 Å². The molecule has 0 aromatic carbocycles. The van der Waals surface area contributed by atoms with Crippen LogP contribution in [-0.2, 0) is 12.4 Å². The maximum atomic E-state index is 10.8. The summed E-state index contributed by atoms with van der Waals surface area (Å²) < 4.78 is 1.44. The number of hydrogen-bond donors (Lipinski definition) is 1. The molecule has 7 heteroatoms. The SMILES string of the molecule is Cn1c(C(N)=O)nc(N=O)c1CBr. The summed E-state index contributed by atoms with van der Waals surface area (Å²) in [5.74, 6) is -0.656. The zero-order chi connectivity index (χ0) is 10.0. The van der Waals surface area contributed by atoms with Crippen LogP contribution in [0.25, 0.3) is 0 Å². The molecule has 0 atom stereocenters. The number of halogens is 1. The standard InChI is InChI=1S/C6H7BrN4O2/c1-11-3(2-7)5(10-13)9-6(11)4(8)12/h2H2,1H3,(H2,8,12). The molecule has 0 aliphatic carbocycles. The van der Waals surface area contributed by atoms with Gasteiger partial charge in [-0.2, -0.15) is 0 Å². The lowest BCUT2D eigenvalue weighted by Crippen LogP contribution is -2.17. The van der Waals surface area contributed by atoms with Crippen molar-refractivity contribution >= 4 is 27.7 Å². The maximum Gasteiger partial charge on any atom is 0.284 e. The molecular formula is C6H7BrN4O2. The van der Waals surface area contributed by atoms with Crippen LogP contribution in [0.4, 0.5) is 5.82 Å². The number of primary amides is 1. The van der Waals surface area contributed by atoms with Crippen LogP contribution in [0.3, 0.4) is 0 Å². The fourth-order valence-corrected chi connectivity index (χ4v) is 1.59. The number of carbonyl (C=O) groups excluding carboxylic acids is 1. The molecule has 1 aromatic heterocycles. The number of hydrogen-bond acceptors (Lipinski definition) is 4. The van der Waals surface area contributed by atoms with Gasteiger partial charge >= 0.3 is 0 Å². The first kappa shape index (κ1) is 9.85. The van der Waals surface area contributed by atoms with Crippen molar-refractivity contribution in [2.75, 3.05) is 0 Å². The summed E-state index contributed by atoms with van der Waals surface area (Å²) in [6, 6.07) is 0. The molecule has 0 aliphatic rings. The van der Waals surface area contributed by atoms with Crippen molar-refractivity contribution in [3.8, 4) is 0 Å². The number of imidazole rings is 1. The van der Waals surface area contributed by atoms with Gasteiger partial charge in [0.15, 0.2) is 0 Å². The van der Waals surface area contributed by atoms with Crippen molar-refractivity contribution in [3.05, 3.63) is 16.4 Å². The Morgan fingerprint density at radius 2 is 2.38 bits per heavy atom. The van der Waals surface area contributed by atoms with E-state index in [1.165, 1.54) is 4.57 Å². The molecule has 0 radical (unpaired) electrons. The van der Waals surface area contributed by atoms with E-state index in [9.17, 15) is 9.70 Å². The predicted octanol–water partition coefficient (Wildman–Crippen LogP) is 0.812. The zero-order valence-electron chi connectivity index (χ0n) is 6.82. The molecule has 1 heterocycles. The molecule has 0 bridgehead atoms. The normalized spacial score (nSPS) is 10.0. The second-order valence-corrected chi connectivity index (χ2v) is 2.91. The minimum atomic E-state index is -0.681. The van der Waals surface area contributed by atoms with Gasteiger partial charge < -0.3 is 10.3 Å². The van der Waals surface area contributed by atoms with E-state index in [1.807, 2.05) is 0 Å². The topological polar surface area (TPSA) is 90.3 Å². The number of nitrogens with zero attached hydrogens (tertiary/aromatic N) is 3. The van der Waals surface area contributed by atoms with Gasteiger partial charge in [0.1, 0.15) is 0 Å². The van der Waals surface area contributed by atoms with Crippen molar-refractivity contribution in [3.63, 3.8) is 0 Å². The Hall–Kier alpha value is -1.24. The van der Waals surface area contributed by atoms with E-state index in [2.05, 4.69) is 26.1 Å². The molecule has 70 valence electrons. The summed E-state index contributed by atoms with van der Waals surface area (Å²) in [6.45, 7) is 0. The van der Waals surface area contributed by atoms with Gasteiger partial charge in [-0.05, 0) is 5.18 Å². The number of carbonyl (C=O) groups is 1. The third kappa shape index (κ3) is 1.59. The molecule has 0 spiro atoms. The third-order valence-electron chi connectivity index (χ3n) is 1.63. The minimum absolute atomic E-state index is 0.00632. The molecule has 1 rings (SSSR count). The lowest BCUT2D eigenvalue weighted by molar-refractivity contribution is 0.0987. The van der Waals surface area contributed by atoms with E-state index >= 15 is 0 Å². The second-order valence-electron chi connectivity index (χ2n) is 2.35. The molecule has 0 aliphatic heterocycles. The van der Waals surface area contributed by atoms with Gasteiger partial charge in [-0.25, -0.2) is 4.98 Å². The van der Waals surface area contributed by atoms with E-state index in [4.69, 9.17) is 5.73 Å². The average molecular weight is 247 g/mol. The molecular weight excluding hydrogens is 240 g/mol. The molecule has 13 heavy (non-hydrogen) atoms. The van der Waals surface area contributed by atoms with Crippen molar-refractivity contribution in [2.45, 2.75) is 5.33 Å². The van der Waals surface area contributed by atoms with Crippen LogP contribution < -0.4 is 5.73 Å². The Morgan fingerprint density at radius 1 is 1.77 bits per heavy atom. The Kier molecular flexibility index (Phi) is 2.76. The zero-order valence-corrected chi connectivity index (χ0v) is 8.41. The highest BCUT2D eigenvalue weighted by atomic mass is 79.9. The van der Waals surface area contributed by atoms with Crippen LogP contribution in [0.2, 0.25) is 0 Å². The van der Waals surface area contributed by atoms with Crippen LogP contribution in [0.15, 0.2) is 5.18 Å². The fraction of sp³-hybridized carbons (Fsp3) is 0.333. The maximum absolute atomic E-state index is 10.8. The number of nitroso groups, excluding NO2 is 1. The number of amides is 1. The lowest BCUT2D eigenvalue weighted by Gasteiger charge is -1.98. The minimum Gasteiger partial charge on any atom is -0.363 e. The quantitative estimate of drug-likeness (QED) is 0.632. The van der Waals surface area contributed by atoms with Crippen LogP contribution in [0.5, 0.6) is 0 Å². The molecule has 2 N–H and O–H groups in total. The van der Waals surface area contributed by atoms with E-state index in [0.29, 0.717) is 11.0 Å². The lowest BCUT2D eigenvalue weighted by atomic mass is 10.5. The van der Waals surface area contributed by atoms with Crippen molar-refractivity contribution in [1.82, 2.24) is 9.55 Å². The largest absolute Gasteiger partial charge is 0.363 e. The van der Waals surface area contributed by atoms with E-state index in [-0.39, 0.29) is 11.6 Å². The predicted molar refractivity (Wildman–Crippen MR) is 49.8 cm³/mol. The van der Waals surface area contributed by atoms with Crippen LogP contribution in [0, 0.1) is 4.91 Å². The van der Waals surface area contributed by atoms with Crippen molar-refractivity contribution in [1.29, 1.82) is 0 Å². The van der Waals surface area contributed by atoms with Crippen LogP contribution >= 0.6 is 15.9 Å². The van der Waals surface area contributed by atoms with Crippen LogP contribution in [0.1, 0.15) is 16.3 Å². The van der Waals surface area contributed by atoms with Gasteiger partial charge in [0.2, 0.25) is 11.6 Å². The summed E-state index contributed by atoms with van der Waals surface area (Å²) in [6.07, 6.45) is 0. The van der Waals surface area contributed by atoms with Gasteiger partial charge in [0.25, 0.3) is 5.91 Å².